The van der Waals surface area contributed by atoms with E-state index in [0.29, 0.717) is 0 Å². The molecule has 2 rings (SSSR count). The number of benzene rings is 1. The number of thiocarbonyl (C=S) groups is 1. The summed E-state index contributed by atoms with van der Waals surface area (Å²) in [6.45, 7) is 9.81. The fraction of sp³-hybridized carbons (Fsp3) is 0.235. The van der Waals surface area contributed by atoms with Gasteiger partial charge < -0.3 is 0 Å². The van der Waals surface area contributed by atoms with E-state index < -0.39 is 11.8 Å². The highest BCUT2D eigenvalue weighted by Crippen LogP contribution is 2.21. The lowest BCUT2D eigenvalue weighted by Gasteiger charge is -2.28. The maximum Gasteiger partial charge on any atom is 0.265 e. The van der Waals surface area contributed by atoms with Crippen LogP contribution in [0.4, 0.5) is 0 Å². The van der Waals surface area contributed by atoms with Gasteiger partial charge in [0.1, 0.15) is 5.57 Å². The monoisotopic (exact) mass is 314 g/mol. The normalized spacial score (nSPS) is 17.0. The van der Waals surface area contributed by atoms with Crippen molar-refractivity contribution in [3.8, 4) is 0 Å². The molecule has 1 N–H and O–H groups in total. The van der Waals surface area contributed by atoms with E-state index in [1.54, 1.807) is 12.2 Å². The summed E-state index contributed by atoms with van der Waals surface area (Å²) >= 11 is 5.03. The summed E-state index contributed by atoms with van der Waals surface area (Å²) in [4.78, 5) is 25.9. The molecule has 1 heterocycles. The van der Waals surface area contributed by atoms with Gasteiger partial charge in [-0.1, -0.05) is 23.8 Å². The Morgan fingerprint density at radius 3 is 2.36 bits per heavy atom. The third-order valence-electron chi connectivity index (χ3n) is 3.52. The molecule has 0 spiro atoms. The molecule has 22 heavy (non-hydrogen) atoms. The second-order valence-corrected chi connectivity index (χ2v) is 5.72. The first-order valence-electron chi connectivity index (χ1n) is 6.92. The van der Waals surface area contributed by atoms with Crippen LogP contribution in [0.15, 0.2) is 30.4 Å². The zero-order valence-electron chi connectivity index (χ0n) is 12.9. The number of carbonyl (C=O) groups is 2. The molecular weight excluding hydrogens is 296 g/mol. The van der Waals surface area contributed by atoms with Crippen LogP contribution in [0.5, 0.6) is 0 Å². The summed E-state index contributed by atoms with van der Waals surface area (Å²) in [6.07, 6.45) is 3.21. The van der Waals surface area contributed by atoms with Gasteiger partial charge in [-0.2, -0.15) is 0 Å². The van der Waals surface area contributed by atoms with Crippen LogP contribution in [0.3, 0.4) is 0 Å². The fourth-order valence-corrected chi connectivity index (χ4v) is 2.80. The molecule has 1 fully saturated rings. The molecular formula is C17H18N2O2S. The third-order valence-corrected chi connectivity index (χ3v) is 3.85. The molecule has 0 aromatic heterocycles. The minimum atomic E-state index is -0.463. The van der Waals surface area contributed by atoms with E-state index in [2.05, 4.69) is 11.9 Å². The van der Waals surface area contributed by atoms with Gasteiger partial charge >= 0.3 is 0 Å². The van der Waals surface area contributed by atoms with Crippen LogP contribution in [0, 0.1) is 20.8 Å². The molecule has 0 saturated carbocycles. The van der Waals surface area contributed by atoms with Crippen LogP contribution in [0.1, 0.15) is 22.3 Å². The van der Waals surface area contributed by atoms with E-state index in [1.807, 2.05) is 32.9 Å². The van der Waals surface area contributed by atoms with Crippen LogP contribution in [0.25, 0.3) is 6.08 Å². The quantitative estimate of drug-likeness (QED) is 0.403. The van der Waals surface area contributed by atoms with E-state index in [1.165, 1.54) is 4.90 Å². The van der Waals surface area contributed by atoms with Crippen molar-refractivity contribution in [2.24, 2.45) is 0 Å². The van der Waals surface area contributed by atoms with Crippen LogP contribution < -0.4 is 5.32 Å². The number of aryl methyl sites for hydroxylation is 3. The third kappa shape index (κ3) is 2.99. The zero-order chi connectivity index (χ0) is 16.4. The number of amides is 2. The highest BCUT2D eigenvalue weighted by molar-refractivity contribution is 7.80. The number of rotatable bonds is 3. The minimum Gasteiger partial charge on any atom is -0.298 e. The molecule has 1 aliphatic heterocycles. The second kappa shape index (κ2) is 6.23. The highest BCUT2D eigenvalue weighted by atomic mass is 32.1. The predicted octanol–water partition coefficient (Wildman–Crippen LogP) is 2.42. The number of hydrogen-bond acceptors (Lipinski definition) is 3. The Kier molecular flexibility index (Phi) is 4.56. The summed E-state index contributed by atoms with van der Waals surface area (Å²) in [5.74, 6) is -0.859. The van der Waals surface area contributed by atoms with E-state index >= 15 is 0 Å². The molecule has 4 nitrogen and oxygen atoms in total. The summed E-state index contributed by atoms with van der Waals surface area (Å²) in [7, 11) is 0. The molecule has 0 unspecified atom stereocenters. The first-order valence-corrected chi connectivity index (χ1v) is 7.33. The molecule has 1 aromatic carbocycles. The van der Waals surface area contributed by atoms with Gasteiger partial charge in [-0.25, -0.2) is 0 Å². The standard InChI is InChI=1S/C17H18N2O2S/c1-5-6-19-16(21)14(15(20)18-17(19)22)9-13-11(3)7-10(2)8-12(13)4/h5,7-9H,1,6H2,2-4H3,(H,18,20,22)/b14-9+. The topological polar surface area (TPSA) is 49.4 Å². The van der Waals surface area contributed by atoms with E-state index in [-0.39, 0.29) is 17.2 Å². The van der Waals surface area contributed by atoms with Crippen molar-refractivity contribution >= 4 is 35.2 Å². The summed E-state index contributed by atoms with van der Waals surface area (Å²) in [6, 6.07) is 4.05. The first-order chi connectivity index (χ1) is 10.3. The highest BCUT2D eigenvalue weighted by Gasteiger charge is 2.32. The molecule has 5 heteroatoms. The molecule has 1 saturated heterocycles. The number of hydrogen-bond donors (Lipinski definition) is 1. The molecule has 1 aliphatic rings. The zero-order valence-corrected chi connectivity index (χ0v) is 13.7. The lowest BCUT2D eigenvalue weighted by molar-refractivity contribution is -0.128. The van der Waals surface area contributed by atoms with Gasteiger partial charge in [0.25, 0.3) is 11.8 Å². The van der Waals surface area contributed by atoms with E-state index in [9.17, 15) is 9.59 Å². The van der Waals surface area contributed by atoms with Crippen molar-refractivity contribution in [2.45, 2.75) is 20.8 Å². The average molecular weight is 314 g/mol. The Balaban J connectivity index is 2.50. The van der Waals surface area contributed by atoms with Crippen molar-refractivity contribution in [1.82, 2.24) is 10.2 Å². The van der Waals surface area contributed by atoms with Gasteiger partial charge in [-0.3, -0.25) is 19.8 Å². The van der Waals surface area contributed by atoms with Crippen molar-refractivity contribution in [1.29, 1.82) is 0 Å². The number of nitrogens with one attached hydrogen (secondary N) is 1. The summed E-state index contributed by atoms with van der Waals surface area (Å²) in [5, 5.41) is 2.66. The van der Waals surface area contributed by atoms with Gasteiger partial charge in [0, 0.05) is 6.54 Å². The average Bonchev–Trinajstić information content (AvgIpc) is 2.41. The molecule has 114 valence electrons. The van der Waals surface area contributed by atoms with Crippen molar-refractivity contribution < 1.29 is 9.59 Å². The molecule has 0 atom stereocenters. The molecule has 2 amide bonds. The van der Waals surface area contributed by atoms with Gasteiger partial charge in [-0.15, -0.1) is 6.58 Å². The lowest BCUT2D eigenvalue weighted by Crippen LogP contribution is -2.53. The molecule has 0 aliphatic carbocycles. The van der Waals surface area contributed by atoms with Crippen molar-refractivity contribution in [3.05, 3.63) is 52.6 Å². The molecule has 0 radical (unpaired) electrons. The first kappa shape index (κ1) is 16.1. The van der Waals surface area contributed by atoms with E-state index in [0.717, 1.165) is 22.3 Å². The van der Waals surface area contributed by atoms with Crippen LogP contribution in [-0.2, 0) is 9.59 Å². The molecule has 0 bridgehead atoms. The summed E-state index contributed by atoms with van der Waals surface area (Å²) in [5.41, 5.74) is 4.16. The maximum atomic E-state index is 12.5. The number of carbonyl (C=O) groups excluding carboxylic acids is 2. The Labute approximate surface area is 135 Å². The predicted molar refractivity (Wildman–Crippen MR) is 91.3 cm³/mol. The largest absolute Gasteiger partial charge is 0.298 e. The lowest BCUT2D eigenvalue weighted by atomic mass is 9.97. The smallest absolute Gasteiger partial charge is 0.265 e. The van der Waals surface area contributed by atoms with Gasteiger partial charge in [0.15, 0.2) is 5.11 Å². The van der Waals surface area contributed by atoms with Crippen molar-refractivity contribution in [2.75, 3.05) is 6.54 Å². The van der Waals surface area contributed by atoms with Crippen LogP contribution >= 0.6 is 12.2 Å². The second-order valence-electron chi connectivity index (χ2n) is 5.33. The Hall–Kier alpha value is -2.27. The molecule has 1 aromatic rings. The fourth-order valence-electron chi connectivity index (χ4n) is 2.55. The van der Waals surface area contributed by atoms with E-state index in [4.69, 9.17) is 12.2 Å². The van der Waals surface area contributed by atoms with Crippen LogP contribution in [-0.4, -0.2) is 28.4 Å². The van der Waals surface area contributed by atoms with Gasteiger partial charge in [0.05, 0.1) is 0 Å². The van der Waals surface area contributed by atoms with Crippen LogP contribution in [0.2, 0.25) is 0 Å². The Morgan fingerprint density at radius 2 is 1.82 bits per heavy atom. The van der Waals surface area contributed by atoms with Crippen molar-refractivity contribution in [3.63, 3.8) is 0 Å². The summed E-state index contributed by atoms with van der Waals surface area (Å²) < 4.78 is 0. The maximum absolute atomic E-state index is 12.5. The number of nitrogens with zero attached hydrogens (tertiary/aromatic N) is 1. The SMILES string of the molecule is C=CCN1C(=O)/C(=C/c2c(C)cc(C)cc2C)C(=O)NC1=S. The van der Waals surface area contributed by atoms with Gasteiger partial charge in [-0.05, 0) is 55.8 Å². The van der Waals surface area contributed by atoms with Gasteiger partial charge in [0.2, 0.25) is 0 Å². The Morgan fingerprint density at radius 1 is 1.23 bits per heavy atom. The minimum absolute atomic E-state index is 0.0884. The Bertz CT molecular complexity index is 696.